The van der Waals surface area contributed by atoms with Crippen molar-refractivity contribution in [3.63, 3.8) is 0 Å². The van der Waals surface area contributed by atoms with Crippen LogP contribution in [0, 0.1) is 0 Å². The average molecular weight is 246 g/mol. The fourth-order valence-electron chi connectivity index (χ4n) is 1.61. The Morgan fingerprint density at radius 3 is 2.28 bits per heavy atom. The van der Waals surface area contributed by atoms with E-state index < -0.39 is 0 Å². The van der Waals surface area contributed by atoms with Gasteiger partial charge < -0.3 is 9.80 Å². The Morgan fingerprint density at radius 1 is 1.06 bits per heavy atom. The lowest BCUT2D eigenvalue weighted by Crippen LogP contribution is -2.07. The van der Waals surface area contributed by atoms with Crippen LogP contribution in [0.25, 0.3) is 0 Å². The van der Waals surface area contributed by atoms with Crippen molar-refractivity contribution in [1.82, 2.24) is 9.80 Å². The Kier molecular flexibility index (Phi) is 5.43. The first kappa shape index (κ1) is 14.3. The fourth-order valence-corrected chi connectivity index (χ4v) is 1.61. The Balaban J connectivity index is 2.69. The third-order valence-corrected chi connectivity index (χ3v) is 2.58. The van der Waals surface area contributed by atoms with Crippen LogP contribution >= 0.6 is 0 Å². The predicted molar refractivity (Wildman–Crippen MR) is 76.1 cm³/mol. The number of nitrogens with zero attached hydrogens (tertiary/aromatic N) is 2. The fraction of sp³-hybridized carbons (Fsp3) is 0.400. The van der Waals surface area contributed by atoms with Crippen molar-refractivity contribution in [2.24, 2.45) is 0 Å². The maximum atomic E-state index is 11.9. The minimum absolute atomic E-state index is 0.128. The highest BCUT2D eigenvalue weighted by Gasteiger charge is 2.13. The second-order valence-corrected chi connectivity index (χ2v) is 4.86. The smallest absolute Gasteiger partial charge is 0.182 e. The van der Waals surface area contributed by atoms with E-state index in [2.05, 4.69) is 0 Å². The lowest BCUT2D eigenvalue weighted by atomic mass is 9.93. The Labute approximate surface area is 110 Å². The molecule has 0 fully saturated rings. The SMILES string of the molecule is CN(C)/C=C/C=C1/CCC(/C=C/N(C)C)=CC1=O. The largest absolute Gasteiger partial charge is 0.383 e. The molecule has 0 saturated carbocycles. The second-order valence-electron chi connectivity index (χ2n) is 4.86. The Hall–Kier alpha value is -1.77. The molecule has 0 spiro atoms. The Bertz CT molecular complexity index is 412. The maximum absolute atomic E-state index is 11.9. The van der Waals surface area contributed by atoms with E-state index in [4.69, 9.17) is 0 Å². The van der Waals surface area contributed by atoms with Gasteiger partial charge in [-0.3, -0.25) is 4.79 Å². The summed E-state index contributed by atoms with van der Waals surface area (Å²) in [6.45, 7) is 0. The van der Waals surface area contributed by atoms with E-state index in [-0.39, 0.29) is 5.78 Å². The zero-order chi connectivity index (χ0) is 13.5. The van der Waals surface area contributed by atoms with Gasteiger partial charge in [-0.15, -0.1) is 0 Å². The van der Waals surface area contributed by atoms with Crippen LogP contribution in [0.5, 0.6) is 0 Å². The summed E-state index contributed by atoms with van der Waals surface area (Å²) < 4.78 is 0. The highest BCUT2D eigenvalue weighted by molar-refractivity contribution is 6.05. The van der Waals surface area contributed by atoms with E-state index in [1.54, 1.807) is 6.08 Å². The highest BCUT2D eigenvalue weighted by Crippen LogP contribution is 2.21. The lowest BCUT2D eigenvalue weighted by Gasteiger charge is -2.12. The molecule has 18 heavy (non-hydrogen) atoms. The zero-order valence-corrected chi connectivity index (χ0v) is 11.7. The van der Waals surface area contributed by atoms with Gasteiger partial charge in [0.2, 0.25) is 0 Å². The molecule has 0 atom stereocenters. The highest BCUT2D eigenvalue weighted by atomic mass is 16.1. The summed E-state index contributed by atoms with van der Waals surface area (Å²) in [5.41, 5.74) is 1.98. The molecule has 3 nitrogen and oxygen atoms in total. The van der Waals surface area contributed by atoms with Crippen LogP contribution in [0.1, 0.15) is 12.8 Å². The molecule has 0 aromatic rings. The van der Waals surface area contributed by atoms with Crippen LogP contribution in [-0.2, 0) is 4.79 Å². The molecule has 0 N–H and O–H groups in total. The minimum Gasteiger partial charge on any atom is -0.383 e. The molecular weight excluding hydrogens is 224 g/mol. The van der Waals surface area contributed by atoms with Gasteiger partial charge >= 0.3 is 0 Å². The molecule has 1 aliphatic carbocycles. The number of hydrogen-bond acceptors (Lipinski definition) is 3. The van der Waals surface area contributed by atoms with E-state index >= 15 is 0 Å². The van der Waals surface area contributed by atoms with Crippen molar-refractivity contribution < 1.29 is 4.79 Å². The Morgan fingerprint density at radius 2 is 1.72 bits per heavy atom. The van der Waals surface area contributed by atoms with Crippen molar-refractivity contribution >= 4 is 5.78 Å². The first-order valence-electron chi connectivity index (χ1n) is 6.12. The molecule has 0 bridgehead atoms. The van der Waals surface area contributed by atoms with Gasteiger partial charge in [-0.2, -0.15) is 0 Å². The van der Waals surface area contributed by atoms with Crippen LogP contribution in [-0.4, -0.2) is 43.8 Å². The van der Waals surface area contributed by atoms with E-state index in [1.807, 2.05) is 68.6 Å². The van der Waals surface area contributed by atoms with Crippen LogP contribution in [0.15, 0.2) is 47.9 Å². The molecule has 0 aliphatic heterocycles. The predicted octanol–water partition coefficient (Wildman–Crippen LogP) is 2.35. The summed E-state index contributed by atoms with van der Waals surface area (Å²) in [6, 6.07) is 0. The van der Waals surface area contributed by atoms with E-state index in [1.165, 1.54) is 0 Å². The average Bonchev–Trinajstić information content (AvgIpc) is 2.28. The van der Waals surface area contributed by atoms with Crippen LogP contribution in [0.2, 0.25) is 0 Å². The summed E-state index contributed by atoms with van der Waals surface area (Å²) in [4.78, 5) is 15.8. The number of ketones is 1. The molecule has 0 unspecified atom stereocenters. The van der Waals surface area contributed by atoms with Gasteiger partial charge in [-0.1, -0.05) is 6.08 Å². The number of carbonyl (C=O) groups excluding carboxylic acids is 1. The third kappa shape index (κ3) is 5.04. The summed E-state index contributed by atoms with van der Waals surface area (Å²) in [7, 11) is 7.86. The van der Waals surface area contributed by atoms with Crippen LogP contribution in [0.3, 0.4) is 0 Å². The van der Waals surface area contributed by atoms with Crippen molar-refractivity contribution in [1.29, 1.82) is 0 Å². The number of allylic oxidation sites excluding steroid dienone is 6. The van der Waals surface area contributed by atoms with Gasteiger partial charge in [0.15, 0.2) is 5.78 Å². The quantitative estimate of drug-likeness (QED) is 0.711. The van der Waals surface area contributed by atoms with Crippen molar-refractivity contribution in [2.45, 2.75) is 12.8 Å². The first-order valence-corrected chi connectivity index (χ1v) is 6.12. The summed E-state index contributed by atoms with van der Waals surface area (Å²) >= 11 is 0. The number of rotatable bonds is 4. The van der Waals surface area contributed by atoms with Crippen molar-refractivity contribution in [3.8, 4) is 0 Å². The van der Waals surface area contributed by atoms with Gasteiger partial charge in [0.05, 0.1) is 0 Å². The molecule has 98 valence electrons. The van der Waals surface area contributed by atoms with E-state index in [0.717, 1.165) is 24.0 Å². The van der Waals surface area contributed by atoms with E-state index in [0.29, 0.717) is 0 Å². The van der Waals surface area contributed by atoms with Crippen molar-refractivity contribution in [3.05, 3.63) is 47.9 Å². The monoisotopic (exact) mass is 246 g/mol. The normalized spacial score (nSPS) is 18.8. The molecule has 1 aliphatic rings. The van der Waals surface area contributed by atoms with Gasteiger partial charge in [-0.25, -0.2) is 0 Å². The summed E-state index contributed by atoms with van der Waals surface area (Å²) in [5, 5.41) is 0. The molecule has 0 aromatic heterocycles. The molecule has 3 heteroatoms. The number of hydrogen-bond donors (Lipinski definition) is 0. The molecule has 0 saturated heterocycles. The zero-order valence-electron chi connectivity index (χ0n) is 11.7. The maximum Gasteiger partial charge on any atom is 0.182 e. The number of carbonyl (C=O) groups is 1. The van der Waals surface area contributed by atoms with Gasteiger partial charge in [0, 0.05) is 28.2 Å². The van der Waals surface area contributed by atoms with Crippen molar-refractivity contribution in [2.75, 3.05) is 28.2 Å². The van der Waals surface area contributed by atoms with Crippen LogP contribution in [0.4, 0.5) is 0 Å². The molecule has 0 amide bonds. The molecule has 0 heterocycles. The van der Waals surface area contributed by atoms with Gasteiger partial charge in [0.25, 0.3) is 0 Å². The molecule has 0 aromatic carbocycles. The topological polar surface area (TPSA) is 23.6 Å². The van der Waals surface area contributed by atoms with Crippen LogP contribution < -0.4 is 0 Å². The molecule has 0 radical (unpaired) electrons. The molecule has 1 rings (SSSR count). The lowest BCUT2D eigenvalue weighted by molar-refractivity contribution is -0.111. The summed E-state index contributed by atoms with van der Waals surface area (Å²) in [6.07, 6.45) is 13.2. The first-order chi connectivity index (χ1) is 8.49. The van der Waals surface area contributed by atoms with Gasteiger partial charge in [0.1, 0.15) is 0 Å². The van der Waals surface area contributed by atoms with E-state index in [9.17, 15) is 4.79 Å². The van der Waals surface area contributed by atoms with Gasteiger partial charge in [-0.05, 0) is 54.6 Å². The third-order valence-electron chi connectivity index (χ3n) is 2.58. The minimum atomic E-state index is 0.128. The standard InChI is InChI=1S/C15H22N2O/c1-16(2)10-5-6-14-8-7-13(12-15(14)18)9-11-17(3)4/h5-6,9-12H,7-8H2,1-4H3/b10-5+,11-9+,14-6-. The summed E-state index contributed by atoms with van der Waals surface area (Å²) in [5.74, 6) is 0.128. The molecular formula is C15H22N2O. The second kappa shape index (κ2) is 6.84.